The fourth-order valence-electron chi connectivity index (χ4n) is 3.79. The number of carbonyl (C=O) groups is 1. The molecule has 0 unspecified atom stereocenters. The summed E-state index contributed by atoms with van der Waals surface area (Å²) in [5.41, 5.74) is 1.92. The summed E-state index contributed by atoms with van der Waals surface area (Å²) in [5.74, 6) is -0.122. The fraction of sp³-hybridized carbons (Fsp3) is 0.409. The zero-order chi connectivity index (χ0) is 21.2. The summed E-state index contributed by atoms with van der Waals surface area (Å²) in [6.45, 7) is 6.53. The molecule has 156 valence electrons. The normalized spacial score (nSPS) is 20.4. The Kier molecular flexibility index (Phi) is 6.36. The summed E-state index contributed by atoms with van der Waals surface area (Å²) in [5, 5.41) is 3.42. The third-order valence-corrected chi connectivity index (χ3v) is 8.15. The zero-order valence-corrected chi connectivity index (χ0v) is 18.6. The maximum Gasteiger partial charge on any atom is 0.243 e. The van der Waals surface area contributed by atoms with Gasteiger partial charge in [0.25, 0.3) is 0 Å². The number of hydrogen-bond acceptors (Lipinski definition) is 3. The van der Waals surface area contributed by atoms with E-state index in [1.807, 2.05) is 38.1 Å². The highest BCUT2D eigenvalue weighted by Gasteiger charge is 2.42. The largest absolute Gasteiger partial charge is 0.352 e. The number of hydrogen-bond donors (Lipinski definition) is 1. The number of nitrogens with zero attached hydrogens (tertiary/aromatic N) is 1. The third-order valence-electron chi connectivity index (χ3n) is 5.75. The molecule has 1 saturated heterocycles. The van der Waals surface area contributed by atoms with Gasteiger partial charge in [-0.05, 0) is 62.4 Å². The van der Waals surface area contributed by atoms with Crippen LogP contribution in [0, 0.1) is 19.3 Å². The molecule has 1 amide bonds. The van der Waals surface area contributed by atoms with Crippen molar-refractivity contribution < 1.29 is 13.2 Å². The number of amides is 1. The number of halogens is 1. The van der Waals surface area contributed by atoms with Crippen molar-refractivity contribution in [3.8, 4) is 0 Å². The SMILES string of the molecule is Cc1ccccc1CNC(=O)[C@@]1(C)CCCN(S(=O)(=O)c2cccc(Cl)c2C)C1. The Morgan fingerprint density at radius 2 is 1.90 bits per heavy atom. The summed E-state index contributed by atoms with van der Waals surface area (Å²) in [4.78, 5) is 13.2. The van der Waals surface area contributed by atoms with Gasteiger partial charge in [-0.15, -0.1) is 0 Å². The number of nitrogens with one attached hydrogen (secondary N) is 1. The smallest absolute Gasteiger partial charge is 0.243 e. The molecule has 0 radical (unpaired) electrons. The Labute approximate surface area is 178 Å². The highest BCUT2D eigenvalue weighted by molar-refractivity contribution is 7.89. The zero-order valence-electron chi connectivity index (χ0n) is 17.0. The second kappa shape index (κ2) is 8.46. The van der Waals surface area contributed by atoms with Gasteiger partial charge >= 0.3 is 0 Å². The predicted octanol–water partition coefficient (Wildman–Crippen LogP) is 4.06. The predicted molar refractivity (Wildman–Crippen MR) is 115 cm³/mol. The Hall–Kier alpha value is -1.89. The van der Waals surface area contributed by atoms with Crippen LogP contribution >= 0.6 is 11.6 Å². The lowest BCUT2D eigenvalue weighted by atomic mass is 9.82. The number of carbonyl (C=O) groups excluding carboxylic acids is 1. The minimum absolute atomic E-state index is 0.122. The first-order chi connectivity index (χ1) is 13.6. The van der Waals surface area contributed by atoms with Crippen LogP contribution in [0.2, 0.25) is 5.02 Å². The van der Waals surface area contributed by atoms with Gasteiger partial charge in [-0.1, -0.05) is 41.9 Å². The molecule has 0 bridgehead atoms. The molecule has 1 fully saturated rings. The van der Waals surface area contributed by atoms with Crippen molar-refractivity contribution in [3.63, 3.8) is 0 Å². The molecule has 2 aromatic rings. The van der Waals surface area contributed by atoms with Crippen LogP contribution in [0.25, 0.3) is 0 Å². The van der Waals surface area contributed by atoms with Crippen LogP contribution in [0.3, 0.4) is 0 Å². The van der Waals surface area contributed by atoms with E-state index in [1.54, 1.807) is 25.1 Å². The van der Waals surface area contributed by atoms with Crippen molar-refractivity contribution >= 4 is 27.5 Å². The minimum atomic E-state index is -3.72. The van der Waals surface area contributed by atoms with Gasteiger partial charge in [0.1, 0.15) is 0 Å². The quantitative estimate of drug-likeness (QED) is 0.771. The van der Waals surface area contributed by atoms with E-state index in [1.165, 1.54) is 4.31 Å². The number of rotatable bonds is 5. The van der Waals surface area contributed by atoms with Crippen LogP contribution in [0.15, 0.2) is 47.4 Å². The van der Waals surface area contributed by atoms with Crippen molar-refractivity contribution in [2.75, 3.05) is 13.1 Å². The van der Waals surface area contributed by atoms with Gasteiger partial charge < -0.3 is 5.32 Å². The van der Waals surface area contributed by atoms with Crippen molar-refractivity contribution in [2.45, 2.75) is 45.1 Å². The van der Waals surface area contributed by atoms with E-state index in [0.29, 0.717) is 36.5 Å². The molecular weight excluding hydrogens is 408 g/mol. The molecule has 1 aliphatic rings. The van der Waals surface area contributed by atoms with Crippen LogP contribution in [-0.4, -0.2) is 31.7 Å². The number of aryl methyl sites for hydroxylation is 1. The monoisotopic (exact) mass is 434 g/mol. The van der Waals surface area contributed by atoms with Gasteiger partial charge in [-0.25, -0.2) is 8.42 Å². The van der Waals surface area contributed by atoms with Gasteiger partial charge in [0.15, 0.2) is 0 Å². The van der Waals surface area contributed by atoms with Gasteiger partial charge in [-0.3, -0.25) is 4.79 Å². The Morgan fingerprint density at radius 1 is 1.17 bits per heavy atom. The molecule has 29 heavy (non-hydrogen) atoms. The summed E-state index contributed by atoms with van der Waals surface area (Å²) < 4.78 is 27.9. The fourth-order valence-corrected chi connectivity index (χ4v) is 5.87. The molecule has 3 rings (SSSR count). The molecule has 1 aliphatic heterocycles. The average molecular weight is 435 g/mol. The molecule has 1 heterocycles. The summed E-state index contributed by atoms with van der Waals surface area (Å²) in [6.07, 6.45) is 1.28. The van der Waals surface area contributed by atoms with Crippen LogP contribution in [0.1, 0.15) is 36.5 Å². The van der Waals surface area contributed by atoms with Crippen molar-refractivity contribution in [2.24, 2.45) is 5.41 Å². The lowest BCUT2D eigenvalue weighted by molar-refractivity contribution is -0.132. The molecule has 0 aromatic heterocycles. The second-order valence-electron chi connectivity index (χ2n) is 7.97. The second-order valence-corrected chi connectivity index (χ2v) is 10.3. The van der Waals surface area contributed by atoms with Crippen molar-refractivity contribution in [3.05, 3.63) is 64.2 Å². The standard InChI is InChI=1S/C22H27ClN2O3S/c1-16-8-4-5-9-18(16)14-24-21(26)22(3)12-7-13-25(15-22)29(27,28)20-11-6-10-19(23)17(20)2/h4-6,8-11H,7,12-15H2,1-3H3,(H,24,26)/t22-/m0/s1. The molecule has 0 saturated carbocycles. The first-order valence-corrected chi connectivity index (χ1v) is 11.5. The minimum Gasteiger partial charge on any atom is -0.352 e. The summed E-state index contributed by atoms with van der Waals surface area (Å²) >= 11 is 6.13. The average Bonchev–Trinajstić information content (AvgIpc) is 2.69. The maximum absolute atomic E-state index is 13.2. The van der Waals surface area contributed by atoms with Crippen LogP contribution in [0.5, 0.6) is 0 Å². The molecule has 1 N–H and O–H groups in total. The lowest BCUT2D eigenvalue weighted by Gasteiger charge is -2.38. The maximum atomic E-state index is 13.2. The van der Waals surface area contributed by atoms with Gasteiger partial charge in [0.2, 0.25) is 15.9 Å². The molecule has 1 atom stereocenters. The summed E-state index contributed by atoms with van der Waals surface area (Å²) in [7, 11) is -3.72. The first-order valence-electron chi connectivity index (χ1n) is 9.73. The Morgan fingerprint density at radius 3 is 2.62 bits per heavy atom. The van der Waals surface area contributed by atoms with Gasteiger partial charge in [-0.2, -0.15) is 4.31 Å². The van der Waals surface area contributed by atoms with E-state index >= 15 is 0 Å². The third kappa shape index (κ3) is 4.49. The summed E-state index contributed by atoms with van der Waals surface area (Å²) in [6, 6.07) is 12.8. The Balaban J connectivity index is 1.77. The van der Waals surface area contributed by atoms with E-state index in [2.05, 4.69) is 5.32 Å². The van der Waals surface area contributed by atoms with E-state index in [-0.39, 0.29) is 17.3 Å². The topological polar surface area (TPSA) is 66.5 Å². The van der Waals surface area contributed by atoms with E-state index < -0.39 is 15.4 Å². The van der Waals surface area contributed by atoms with Crippen molar-refractivity contribution in [1.29, 1.82) is 0 Å². The number of piperidine rings is 1. The van der Waals surface area contributed by atoms with Crippen molar-refractivity contribution in [1.82, 2.24) is 9.62 Å². The van der Waals surface area contributed by atoms with E-state index in [0.717, 1.165) is 11.1 Å². The van der Waals surface area contributed by atoms with Crippen LogP contribution in [-0.2, 0) is 21.4 Å². The molecule has 7 heteroatoms. The van der Waals surface area contributed by atoms with E-state index in [4.69, 9.17) is 11.6 Å². The molecular formula is C22H27ClN2O3S. The van der Waals surface area contributed by atoms with Crippen LogP contribution < -0.4 is 5.32 Å². The molecule has 2 aromatic carbocycles. The van der Waals surface area contributed by atoms with Gasteiger partial charge in [0.05, 0.1) is 10.3 Å². The Bertz CT molecular complexity index is 1020. The first kappa shape index (κ1) is 21.8. The molecule has 0 aliphatic carbocycles. The highest BCUT2D eigenvalue weighted by Crippen LogP contribution is 2.34. The molecule has 5 nitrogen and oxygen atoms in total. The molecule has 0 spiro atoms. The lowest BCUT2D eigenvalue weighted by Crippen LogP contribution is -2.51. The van der Waals surface area contributed by atoms with Gasteiger partial charge in [0, 0.05) is 24.7 Å². The highest BCUT2D eigenvalue weighted by atomic mass is 35.5. The van der Waals surface area contributed by atoms with E-state index in [9.17, 15) is 13.2 Å². The van der Waals surface area contributed by atoms with Crippen LogP contribution in [0.4, 0.5) is 0 Å². The number of benzene rings is 2. The number of sulfonamides is 1.